The summed E-state index contributed by atoms with van der Waals surface area (Å²) in [6.07, 6.45) is 1.37. The predicted molar refractivity (Wildman–Crippen MR) is 103 cm³/mol. The molecule has 2 N–H and O–H groups in total. The largest absolute Gasteiger partial charge is 0.493 e. The zero-order valence-electron chi connectivity index (χ0n) is 14.4. The van der Waals surface area contributed by atoms with Gasteiger partial charge in [-0.2, -0.15) is 5.26 Å². The highest BCUT2D eigenvalue weighted by Crippen LogP contribution is 2.34. The smallest absolute Gasteiger partial charge is 0.337 e. The number of hydrogen-bond donors (Lipinski definition) is 2. The van der Waals surface area contributed by atoms with Crippen LogP contribution in [0.4, 0.5) is 5.69 Å². The Bertz CT molecular complexity index is 963. The summed E-state index contributed by atoms with van der Waals surface area (Å²) >= 11 is 3.36. The predicted octanol–water partition coefficient (Wildman–Crippen LogP) is 3.71. The number of carbonyl (C=O) groups is 2. The van der Waals surface area contributed by atoms with Gasteiger partial charge in [0, 0.05) is 4.47 Å². The van der Waals surface area contributed by atoms with Gasteiger partial charge in [0.1, 0.15) is 11.6 Å². The van der Waals surface area contributed by atoms with Crippen molar-refractivity contribution < 1.29 is 24.2 Å². The van der Waals surface area contributed by atoms with Crippen LogP contribution in [0.25, 0.3) is 6.08 Å². The number of carboxylic acids is 1. The number of methoxy groups -OCH3 is 2. The second-order valence-electron chi connectivity index (χ2n) is 5.20. The van der Waals surface area contributed by atoms with E-state index < -0.39 is 11.9 Å². The monoisotopic (exact) mass is 430 g/mol. The molecule has 0 heterocycles. The molecule has 2 rings (SSSR count). The normalized spacial score (nSPS) is 10.7. The molecule has 2 aromatic rings. The number of carbonyl (C=O) groups excluding carboxylic acids is 1. The molecule has 2 aromatic carbocycles. The van der Waals surface area contributed by atoms with Gasteiger partial charge in [0.05, 0.1) is 25.5 Å². The topological polar surface area (TPSA) is 109 Å². The van der Waals surface area contributed by atoms with Crippen LogP contribution >= 0.6 is 15.9 Å². The molecule has 0 saturated carbocycles. The fourth-order valence-corrected chi connectivity index (χ4v) is 2.69. The lowest BCUT2D eigenvalue weighted by Gasteiger charge is -2.11. The molecule has 0 fully saturated rings. The molecule has 138 valence electrons. The number of anilines is 1. The van der Waals surface area contributed by atoms with E-state index in [0.717, 1.165) is 0 Å². The standard InChI is InChI=1S/C19H15BrN2O5/c1-26-16-8-11(14(20)9-17(16)27-2)7-12(10-21)18(23)22-15-6-4-3-5-13(15)19(24)25/h3-9H,1-2H3,(H,22,23)(H,24,25)/b12-7+. The van der Waals surface area contributed by atoms with E-state index in [-0.39, 0.29) is 16.8 Å². The van der Waals surface area contributed by atoms with Gasteiger partial charge < -0.3 is 19.9 Å². The molecule has 0 aliphatic heterocycles. The molecule has 7 nitrogen and oxygen atoms in total. The van der Waals surface area contributed by atoms with E-state index >= 15 is 0 Å². The molecule has 0 unspecified atom stereocenters. The second-order valence-corrected chi connectivity index (χ2v) is 6.06. The molecule has 0 aliphatic carbocycles. The first-order valence-electron chi connectivity index (χ1n) is 7.58. The number of benzene rings is 2. The maximum atomic E-state index is 12.4. The molecule has 0 radical (unpaired) electrons. The third kappa shape index (κ3) is 4.65. The minimum absolute atomic E-state index is 0.0737. The van der Waals surface area contributed by atoms with Crippen LogP contribution < -0.4 is 14.8 Å². The minimum Gasteiger partial charge on any atom is -0.493 e. The van der Waals surface area contributed by atoms with Crippen LogP contribution in [0.1, 0.15) is 15.9 Å². The quantitative estimate of drug-likeness (QED) is 0.533. The summed E-state index contributed by atoms with van der Waals surface area (Å²) in [5, 5.41) is 21.0. The lowest BCUT2D eigenvalue weighted by atomic mass is 10.1. The summed E-state index contributed by atoms with van der Waals surface area (Å²) in [5.74, 6) is -0.996. The fraction of sp³-hybridized carbons (Fsp3) is 0.105. The zero-order chi connectivity index (χ0) is 20.0. The SMILES string of the molecule is COc1cc(Br)c(/C=C(\C#N)C(=O)Nc2ccccc2C(=O)O)cc1OC. The first-order valence-corrected chi connectivity index (χ1v) is 8.37. The van der Waals surface area contributed by atoms with Gasteiger partial charge >= 0.3 is 5.97 Å². The van der Waals surface area contributed by atoms with Gasteiger partial charge in [-0.05, 0) is 35.9 Å². The van der Waals surface area contributed by atoms with Crippen molar-refractivity contribution >= 4 is 39.6 Å². The van der Waals surface area contributed by atoms with Crippen molar-refractivity contribution in [1.82, 2.24) is 0 Å². The van der Waals surface area contributed by atoms with E-state index in [1.807, 2.05) is 6.07 Å². The molecule has 1 amide bonds. The third-order valence-electron chi connectivity index (χ3n) is 3.57. The Morgan fingerprint density at radius 2 is 1.81 bits per heavy atom. The van der Waals surface area contributed by atoms with E-state index in [1.165, 1.54) is 32.4 Å². The van der Waals surface area contributed by atoms with Gasteiger partial charge in [-0.15, -0.1) is 0 Å². The van der Waals surface area contributed by atoms with Gasteiger partial charge in [0.2, 0.25) is 0 Å². The molecule has 0 atom stereocenters. The van der Waals surface area contributed by atoms with Crippen molar-refractivity contribution in [1.29, 1.82) is 5.26 Å². The average molecular weight is 431 g/mol. The fourth-order valence-electron chi connectivity index (χ4n) is 2.25. The maximum absolute atomic E-state index is 12.4. The molecular weight excluding hydrogens is 416 g/mol. The molecule has 0 aromatic heterocycles. The number of nitrogens with one attached hydrogen (secondary N) is 1. The molecule has 0 saturated heterocycles. The van der Waals surface area contributed by atoms with Crippen LogP contribution in [0.15, 0.2) is 46.4 Å². The molecule has 27 heavy (non-hydrogen) atoms. The van der Waals surface area contributed by atoms with Crippen molar-refractivity contribution in [2.75, 3.05) is 19.5 Å². The van der Waals surface area contributed by atoms with Gasteiger partial charge in [-0.1, -0.05) is 28.1 Å². The molecule has 8 heteroatoms. The van der Waals surface area contributed by atoms with Crippen molar-refractivity contribution in [2.45, 2.75) is 0 Å². The number of para-hydroxylation sites is 1. The van der Waals surface area contributed by atoms with Crippen LogP contribution in [0.2, 0.25) is 0 Å². The first kappa shape index (κ1) is 20.0. The van der Waals surface area contributed by atoms with Crippen molar-refractivity contribution in [3.8, 4) is 17.6 Å². The van der Waals surface area contributed by atoms with Crippen molar-refractivity contribution in [3.05, 3.63) is 57.6 Å². The van der Waals surface area contributed by atoms with E-state index in [0.29, 0.717) is 21.5 Å². The summed E-state index contributed by atoms with van der Waals surface area (Å²) in [7, 11) is 2.97. The van der Waals surface area contributed by atoms with Gasteiger partial charge in [-0.25, -0.2) is 4.79 Å². The van der Waals surface area contributed by atoms with Gasteiger partial charge in [0.15, 0.2) is 11.5 Å². The highest BCUT2D eigenvalue weighted by Gasteiger charge is 2.16. The number of halogens is 1. The Labute approximate surface area is 164 Å². The highest BCUT2D eigenvalue weighted by atomic mass is 79.9. The Balaban J connectivity index is 2.38. The average Bonchev–Trinajstić information content (AvgIpc) is 2.66. The summed E-state index contributed by atoms with van der Waals surface area (Å²) in [6, 6.07) is 11.0. The number of nitriles is 1. The molecule has 0 aliphatic rings. The van der Waals surface area contributed by atoms with Gasteiger partial charge in [0.25, 0.3) is 5.91 Å². The Hall–Kier alpha value is -3.31. The van der Waals surface area contributed by atoms with Crippen LogP contribution in [0.3, 0.4) is 0 Å². The summed E-state index contributed by atoms with van der Waals surface area (Å²) in [6.45, 7) is 0. The number of hydrogen-bond acceptors (Lipinski definition) is 5. The number of amides is 1. The lowest BCUT2D eigenvalue weighted by Crippen LogP contribution is -2.16. The van der Waals surface area contributed by atoms with Gasteiger partial charge in [-0.3, -0.25) is 4.79 Å². The van der Waals surface area contributed by atoms with Crippen molar-refractivity contribution in [2.24, 2.45) is 0 Å². The highest BCUT2D eigenvalue weighted by molar-refractivity contribution is 9.10. The summed E-state index contributed by atoms with van der Waals surface area (Å²) < 4.78 is 11.0. The van der Waals surface area contributed by atoms with E-state index in [1.54, 1.807) is 24.3 Å². The zero-order valence-corrected chi connectivity index (χ0v) is 16.0. The molecular formula is C19H15BrN2O5. The van der Waals surface area contributed by atoms with Crippen LogP contribution in [0, 0.1) is 11.3 Å². The van der Waals surface area contributed by atoms with Crippen LogP contribution in [-0.4, -0.2) is 31.2 Å². The van der Waals surface area contributed by atoms with Crippen LogP contribution in [-0.2, 0) is 4.79 Å². The maximum Gasteiger partial charge on any atom is 0.337 e. The number of ether oxygens (including phenoxy) is 2. The number of nitrogens with zero attached hydrogens (tertiary/aromatic N) is 1. The minimum atomic E-state index is -1.18. The second kappa shape index (κ2) is 8.87. The van der Waals surface area contributed by atoms with E-state index in [2.05, 4.69) is 21.2 Å². The Morgan fingerprint density at radius 1 is 1.19 bits per heavy atom. The Kier molecular flexibility index (Phi) is 6.57. The summed E-state index contributed by atoms with van der Waals surface area (Å²) in [4.78, 5) is 23.7. The Morgan fingerprint density at radius 3 is 2.41 bits per heavy atom. The molecule has 0 spiro atoms. The number of carboxylic acid groups (broad SMARTS) is 1. The number of rotatable bonds is 6. The summed E-state index contributed by atoms with van der Waals surface area (Å²) in [5.41, 5.74) is 0.340. The van der Waals surface area contributed by atoms with E-state index in [9.17, 15) is 20.0 Å². The number of aromatic carboxylic acids is 1. The van der Waals surface area contributed by atoms with Crippen LogP contribution in [0.5, 0.6) is 11.5 Å². The molecule has 0 bridgehead atoms. The lowest BCUT2D eigenvalue weighted by molar-refractivity contribution is -0.112. The third-order valence-corrected chi connectivity index (χ3v) is 4.26. The van der Waals surface area contributed by atoms with Crippen molar-refractivity contribution in [3.63, 3.8) is 0 Å². The van der Waals surface area contributed by atoms with E-state index in [4.69, 9.17) is 9.47 Å². The first-order chi connectivity index (χ1) is 12.9.